The number of amidine groups is 1. The highest BCUT2D eigenvalue weighted by atomic mass is 79.9. The molecule has 0 saturated carbocycles. The minimum Gasteiger partial charge on any atom is -0.496 e. The zero-order valence-corrected chi connectivity index (χ0v) is 17.8. The molecule has 0 amide bonds. The van der Waals surface area contributed by atoms with Gasteiger partial charge in [0, 0.05) is 23.2 Å². The first-order valence-electron chi connectivity index (χ1n) is 9.67. The number of halogens is 1. The Morgan fingerprint density at radius 3 is 2.55 bits per heavy atom. The smallest absolute Gasteiger partial charge is 0.141 e. The van der Waals surface area contributed by atoms with Gasteiger partial charge in [0.1, 0.15) is 11.6 Å². The van der Waals surface area contributed by atoms with E-state index >= 15 is 0 Å². The van der Waals surface area contributed by atoms with Gasteiger partial charge in [-0.2, -0.15) is 0 Å². The number of hydrogen-bond donors (Lipinski definition) is 1. The average Bonchev–Trinajstić information content (AvgIpc) is 2.77. The lowest BCUT2D eigenvalue weighted by molar-refractivity contribution is 0.254. The van der Waals surface area contributed by atoms with Crippen LogP contribution in [-0.2, 0) is 0 Å². The van der Waals surface area contributed by atoms with Gasteiger partial charge in [0.05, 0.1) is 24.4 Å². The molecule has 1 unspecified atom stereocenters. The zero-order chi connectivity index (χ0) is 20.2. The third-order valence-electron chi connectivity index (χ3n) is 5.11. The summed E-state index contributed by atoms with van der Waals surface area (Å²) in [6.45, 7) is 0.807. The van der Waals surface area contributed by atoms with Gasteiger partial charge in [0.2, 0.25) is 0 Å². The lowest BCUT2D eigenvalue weighted by atomic mass is 9.92. The molecule has 0 saturated heterocycles. The van der Waals surface area contributed by atoms with Crippen LogP contribution >= 0.6 is 15.9 Å². The minimum absolute atomic E-state index is 0.00679. The summed E-state index contributed by atoms with van der Waals surface area (Å²) in [5.41, 5.74) is 4.22. The standard InChI is InChI=1S/C24H23BrN2O2/c1-29-22-11-6-5-10-19(22)24-26-21-13-12-18(25)16-20(21)23(27(24)14-7-15-28)17-8-3-2-4-9-17/h2-6,8-13,16,23,28H,7,14-15H2,1H3. The fraction of sp³-hybridized carbons (Fsp3) is 0.208. The Morgan fingerprint density at radius 1 is 1.03 bits per heavy atom. The van der Waals surface area contributed by atoms with Gasteiger partial charge in [-0.05, 0) is 42.3 Å². The fourth-order valence-electron chi connectivity index (χ4n) is 3.83. The maximum Gasteiger partial charge on any atom is 0.141 e. The van der Waals surface area contributed by atoms with Gasteiger partial charge in [-0.1, -0.05) is 58.4 Å². The van der Waals surface area contributed by atoms with Crippen molar-refractivity contribution in [1.29, 1.82) is 0 Å². The molecule has 3 aromatic rings. The van der Waals surface area contributed by atoms with Crippen LogP contribution in [0.1, 0.15) is 29.2 Å². The Kier molecular flexibility index (Phi) is 5.97. The second-order valence-corrected chi connectivity index (χ2v) is 7.84. The molecule has 1 N–H and O–H groups in total. The quantitative estimate of drug-likeness (QED) is 0.552. The van der Waals surface area contributed by atoms with E-state index < -0.39 is 0 Å². The molecule has 148 valence electrons. The van der Waals surface area contributed by atoms with Crippen LogP contribution in [0.25, 0.3) is 0 Å². The highest BCUT2D eigenvalue weighted by Gasteiger charge is 2.32. The lowest BCUT2D eigenvalue weighted by Crippen LogP contribution is -2.39. The molecule has 0 radical (unpaired) electrons. The first-order chi connectivity index (χ1) is 14.2. The molecule has 0 aromatic heterocycles. The molecule has 4 nitrogen and oxygen atoms in total. The van der Waals surface area contributed by atoms with Crippen LogP contribution in [0, 0.1) is 0 Å². The first-order valence-corrected chi connectivity index (χ1v) is 10.5. The highest BCUT2D eigenvalue weighted by molar-refractivity contribution is 9.10. The SMILES string of the molecule is COc1ccccc1C1=Nc2ccc(Br)cc2C(c2ccccc2)N1CCCO. The second-order valence-electron chi connectivity index (χ2n) is 6.92. The molecule has 0 aliphatic carbocycles. The molecule has 1 atom stereocenters. The highest BCUT2D eigenvalue weighted by Crippen LogP contribution is 2.42. The van der Waals surface area contributed by atoms with Crippen LogP contribution in [-0.4, -0.2) is 36.1 Å². The number of aliphatic hydroxyl groups is 1. The monoisotopic (exact) mass is 450 g/mol. The number of rotatable bonds is 6. The zero-order valence-electron chi connectivity index (χ0n) is 16.3. The summed E-state index contributed by atoms with van der Waals surface area (Å²) in [6.07, 6.45) is 0.654. The number of methoxy groups -OCH3 is 1. The van der Waals surface area contributed by atoms with Crippen molar-refractivity contribution in [3.05, 3.63) is 94.0 Å². The summed E-state index contributed by atoms with van der Waals surface area (Å²) in [6, 6.07) is 24.6. The van der Waals surface area contributed by atoms with Gasteiger partial charge in [-0.3, -0.25) is 0 Å². The van der Waals surface area contributed by atoms with Crippen molar-refractivity contribution in [3.8, 4) is 5.75 Å². The van der Waals surface area contributed by atoms with Crippen molar-refractivity contribution in [3.63, 3.8) is 0 Å². The number of ether oxygens (including phenoxy) is 1. The molecular formula is C24H23BrN2O2. The van der Waals surface area contributed by atoms with E-state index in [1.54, 1.807) is 7.11 Å². The number of fused-ring (bicyclic) bond motifs is 1. The molecule has 5 heteroatoms. The van der Waals surface area contributed by atoms with E-state index in [9.17, 15) is 5.11 Å². The van der Waals surface area contributed by atoms with E-state index in [4.69, 9.17) is 9.73 Å². The van der Waals surface area contributed by atoms with Crippen LogP contribution in [0.15, 0.2) is 82.3 Å². The van der Waals surface area contributed by atoms with Crippen LogP contribution in [0.4, 0.5) is 5.69 Å². The lowest BCUT2D eigenvalue weighted by Gasteiger charge is -2.39. The van der Waals surface area contributed by atoms with Gasteiger partial charge in [-0.15, -0.1) is 0 Å². The van der Waals surface area contributed by atoms with E-state index in [0.717, 1.165) is 32.9 Å². The largest absolute Gasteiger partial charge is 0.496 e. The number of aliphatic imine (C=N–C) groups is 1. The number of nitrogens with zero attached hydrogens (tertiary/aromatic N) is 2. The van der Waals surface area contributed by atoms with Crippen molar-refractivity contribution in [2.45, 2.75) is 12.5 Å². The van der Waals surface area contributed by atoms with Gasteiger partial charge in [-0.25, -0.2) is 4.99 Å². The normalized spacial score (nSPS) is 15.6. The van der Waals surface area contributed by atoms with E-state index in [2.05, 4.69) is 51.2 Å². The molecule has 29 heavy (non-hydrogen) atoms. The minimum atomic E-state index is -0.00679. The van der Waals surface area contributed by atoms with Crippen LogP contribution < -0.4 is 4.74 Å². The molecule has 1 heterocycles. The Labute approximate surface area is 179 Å². The maximum absolute atomic E-state index is 9.55. The number of aliphatic hydroxyl groups excluding tert-OH is 1. The van der Waals surface area contributed by atoms with Crippen molar-refractivity contribution >= 4 is 27.5 Å². The Bertz CT molecular complexity index is 1020. The third kappa shape index (κ3) is 3.93. The topological polar surface area (TPSA) is 45.1 Å². The Morgan fingerprint density at radius 2 is 1.79 bits per heavy atom. The first kappa shape index (κ1) is 19.7. The fourth-order valence-corrected chi connectivity index (χ4v) is 4.21. The molecular weight excluding hydrogens is 428 g/mol. The molecule has 0 bridgehead atoms. The van der Waals surface area contributed by atoms with Gasteiger partial charge in [0.25, 0.3) is 0 Å². The molecule has 1 aliphatic heterocycles. The van der Waals surface area contributed by atoms with Crippen molar-refractivity contribution in [2.24, 2.45) is 4.99 Å². The summed E-state index contributed by atoms with van der Waals surface area (Å²) < 4.78 is 6.66. The molecule has 0 fully saturated rings. The number of para-hydroxylation sites is 1. The van der Waals surface area contributed by atoms with Crippen molar-refractivity contribution in [1.82, 2.24) is 4.90 Å². The second kappa shape index (κ2) is 8.80. The third-order valence-corrected chi connectivity index (χ3v) is 5.61. The van der Waals surface area contributed by atoms with Gasteiger partial charge >= 0.3 is 0 Å². The summed E-state index contributed by atoms with van der Waals surface area (Å²) in [7, 11) is 1.68. The molecule has 0 spiro atoms. The summed E-state index contributed by atoms with van der Waals surface area (Å²) in [4.78, 5) is 7.31. The van der Waals surface area contributed by atoms with Gasteiger partial charge in [0.15, 0.2) is 0 Å². The summed E-state index contributed by atoms with van der Waals surface area (Å²) >= 11 is 3.62. The molecule has 1 aliphatic rings. The predicted octanol–water partition coefficient (Wildman–Crippen LogP) is 5.32. The number of benzene rings is 3. The molecule has 4 rings (SSSR count). The Hall–Kier alpha value is -2.63. The van der Waals surface area contributed by atoms with Crippen LogP contribution in [0.5, 0.6) is 5.75 Å². The van der Waals surface area contributed by atoms with Gasteiger partial charge < -0.3 is 14.7 Å². The van der Waals surface area contributed by atoms with E-state index in [1.807, 2.05) is 42.5 Å². The van der Waals surface area contributed by atoms with Crippen LogP contribution in [0.3, 0.4) is 0 Å². The predicted molar refractivity (Wildman–Crippen MR) is 120 cm³/mol. The summed E-state index contributed by atoms with van der Waals surface area (Å²) in [5, 5.41) is 9.55. The molecule has 3 aromatic carbocycles. The van der Waals surface area contributed by atoms with Crippen LogP contribution in [0.2, 0.25) is 0 Å². The van der Waals surface area contributed by atoms with E-state index in [1.165, 1.54) is 5.56 Å². The maximum atomic E-state index is 9.55. The number of hydrogen-bond acceptors (Lipinski definition) is 4. The summed E-state index contributed by atoms with van der Waals surface area (Å²) in [5.74, 6) is 1.65. The van der Waals surface area contributed by atoms with Crippen molar-refractivity contribution in [2.75, 3.05) is 20.3 Å². The van der Waals surface area contributed by atoms with Crippen molar-refractivity contribution < 1.29 is 9.84 Å². The van der Waals surface area contributed by atoms with E-state index in [-0.39, 0.29) is 12.6 Å². The average molecular weight is 451 g/mol. The Balaban J connectivity index is 1.94. The van der Waals surface area contributed by atoms with E-state index in [0.29, 0.717) is 13.0 Å².